The van der Waals surface area contributed by atoms with Crippen molar-refractivity contribution in [2.24, 2.45) is 0 Å². The summed E-state index contributed by atoms with van der Waals surface area (Å²) in [5.41, 5.74) is 0.0254. The van der Waals surface area contributed by atoms with Crippen LogP contribution in [0.1, 0.15) is 10.4 Å². The third-order valence-corrected chi connectivity index (χ3v) is 4.54. The van der Waals surface area contributed by atoms with Crippen LogP contribution in [0, 0.1) is 0 Å². The maximum atomic E-state index is 12.0. The second-order valence-electron chi connectivity index (χ2n) is 4.71. The van der Waals surface area contributed by atoms with Gasteiger partial charge in [-0.2, -0.15) is 0 Å². The van der Waals surface area contributed by atoms with Crippen molar-refractivity contribution in [1.82, 2.24) is 0 Å². The van der Waals surface area contributed by atoms with Crippen LogP contribution in [-0.2, 0) is 14.6 Å². The van der Waals surface area contributed by atoms with E-state index in [4.69, 9.17) is 9.47 Å². The van der Waals surface area contributed by atoms with Gasteiger partial charge in [0.1, 0.15) is 19.0 Å². The van der Waals surface area contributed by atoms with Crippen molar-refractivity contribution >= 4 is 31.7 Å². The van der Waals surface area contributed by atoms with E-state index in [2.05, 4.69) is 15.9 Å². The number of ether oxygens (including phenoxy) is 2. The second-order valence-corrected chi connectivity index (χ2v) is 7.61. The number of halogens is 1. The van der Waals surface area contributed by atoms with Gasteiger partial charge in [-0.05, 0) is 30.3 Å². The minimum Gasteiger partial charge on any atom is -0.490 e. The number of rotatable bonds is 6. The molecule has 0 saturated heterocycles. The van der Waals surface area contributed by atoms with Crippen molar-refractivity contribution in [3.05, 3.63) is 58.6 Å². The van der Waals surface area contributed by atoms with Gasteiger partial charge in [0.05, 0.1) is 10.5 Å². The molecule has 5 nitrogen and oxygen atoms in total. The second kappa shape index (κ2) is 7.61. The fraction of sp³-hybridized carbons (Fsp3) is 0.188. The van der Waals surface area contributed by atoms with Crippen LogP contribution in [0.3, 0.4) is 0 Å². The topological polar surface area (TPSA) is 69.7 Å². The molecule has 2 rings (SSSR count). The van der Waals surface area contributed by atoms with Crippen molar-refractivity contribution in [1.29, 1.82) is 0 Å². The van der Waals surface area contributed by atoms with Gasteiger partial charge in [-0.1, -0.05) is 34.1 Å². The molecule has 0 atom stereocenters. The molecule has 0 saturated carbocycles. The molecule has 2 aromatic carbocycles. The average molecular weight is 399 g/mol. The van der Waals surface area contributed by atoms with Gasteiger partial charge in [-0.15, -0.1) is 0 Å². The van der Waals surface area contributed by atoms with Crippen LogP contribution in [0.15, 0.2) is 57.9 Å². The largest absolute Gasteiger partial charge is 0.490 e. The van der Waals surface area contributed by atoms with Crippen LogP contribution in [0.2, 0.25) is 0 Å². The molecule has 0 aliphatic carbocycles. The summed E-state index contributed by atoms with van der Waals surface area (Å²) in [7, 11) is -3.49. The van der Waals surface area contributed by atoms with Gasteiger partial charge < -0.3 is 9.47 Å². The minimum atomic E-state index is -3.49. The van der Waals surface area contributed by atoms with Crippen LogP contribution in [-0.4, -0.2) is 33.9 Å². The highest BCUT2D eigenvalue weighted by atomic mass is 79.9. The zero-order valence-corrected chi connectivity index (χ0v) is 14.8. The lowest BCUT2D eigenvalue weighted by atomic mass is 10.2. The summed E-state index contributed by atoms with van der Waals surface area (Å²) in [6, 6.07) is 13.2. The summed E-state index contributed by atoms with van der Waals surface area (Å²) < 4.78 is 34.7. The fourth-order valence-corrected chi connectivity index (χ4v) is 3.14. The number of carbonyl (C=O) groups excluding carboxylic acids is 1. The van der Waals surface area contributed by atoms with Crippen molar-refractivity contribution < 1.29 is 22.7 Å². The monoisotopic (exact) mass is 398 g/mol. The predicted octanol–water partition coefficient (Wildman–Crippen LogP) is 3.09. The summed E-state index contributed by atoms with van der Waals surface area (Å²) >= 11 is 3.33. The van der Waals surface area contributed by atoms with E-state index in [1.165, 1.54) is 12.1 Å². The molecule has 0 unspecified atom stereocenters. The molecule has 122 valence electrons. The molecule has 0 fully saturated rings. The molecule has 0 aromatic heterocycles. The number of hydrogen-bond donors (Lipinski definition) is 0. The zero-order valence-electron chi connectivity index (χ0n) is 12.4. The Balaban J connectivity index is 1.93. The van der Waals surface area contributed by atoms with Gasteiger partial charge in [0, 0.05) is 10.7 Å². The molecule has 0 aliphatic rings. The molecule has 0 heterocycles. The molecule has 2 aromatic rings. The van der Waals surface area contributed by atoms with Crippen LogP contribution in [0.25, 0.3) is 0 Å². The summed E-state index contributed by atoms with van der Waals surface area (Å²) in [6.45, 7) is 0.187. The highest BCUT2D eigenvalue weighted by molar-refractivity contribution is 9.10. The minimum absolute atomic E-state index is 0.0173. The Morgan fingerprint density at radius 3 is 2.52 bits per heavy atom. The summed E-state index contributed by atoms with van der Waals surface area (Å²) in [6.07, 6.45) is 1.05. The lowest BCUT2D eigenvalue weighted by molar-refractivity contribution is 0.0446. The van der Waals surface area contributed by atoms with Crippen LogP contribution >= 0.6 is 15.9 Å². The Kier molecular flexibility index (Phi) is 5.79. The number of esters is 1. The summed E-state index contributed by atoms with van der Waals surface area (Å²) in [4.78, 5) is 12.0. The van der Waals surface area contributed by atoms with E-state index in [0.29, 0.717) is 5.75 Å². The first kappa shape index (κ1) is 17.5. The van der Waals surface area contributed by atoms with Crippen molar-refractivity contribution in [2.75, 3.05) is 19.5 Å². The number of benzene rings is 2. The van der Waals surface area contributed by atoms with E-state index in [9.17, 15) is 13.2 Å². The summed E-state index contributed by atoms with van der Waals surface area (Å²) in [5, 5.41) is 0. The molecule has 0 radical (unpaired) electrons. The summed E-state index contributed by atoms with van der Waals surface area (Å²) in [5.74, 6) is -0.0455. The van der Waals surface area contributed by atoms with Gasteiger partial charge in [0.2, 0.25) is 0 Å². The molecule has 0 bridgehead atoms. The average Bonchev–Trinajstić information content (AvgIpc) is 2.50. The molecule has 23 heavy (non-hydrogen) atoms. The lowest BCUT2D eigenvalue weighted by Crippen LogP contribution is -2.15. The molecule has 0 aliphatic heterocycles. The molecule has 0 spiro atoms. The van der Waals surface area contributed by atoms with E-state index in [1.54, 1.807) is 24.3 Å². The first-order chi connectivity index (χ1) is 10.9. The van der Waals surface area contributed by atoms with E-state index >= 15 is 0 Å². The molecule has 0 N–H and O–H groups in total. The SMILES string of the molecule is CS(=O)(=O)c1ccccc1C(=O)OCCOc1cccc(Br)c1. The Morgan fingerprint density at radius 2 is 1.83 bits per heavy atom. The third kappa shape index (κ3) is 5.07. The van der Waals surface area contributed by atoms with E-state index in [0.717, 1.165) is 10.7 Å². The quantitative estimate of drug-likeness (QED) is 0.552. The fourth-order valence-electron chi connectivity index (χ4n) is 1.89. The van der Waals surface area contributed by atoms with E-state index in [-0.39, 0.29) is 23.7 Å². The van der Waals surface area contributed by atoms with Crippen LogP contribution in [0.5, 0.6) is 5.75 Å². The van der Waals surface area contributed by atoms with Crippen molar-refractivity contribution in [3.63, 3.8) is 0 Å². The first-order valence-corrected chi connectivity index (χ1v) is 9.41. The number of sulfone groups is 1. The Bertz CT molecular complexity index is 802. The van der Waals surface area contributed by atoms with Crippen molar-refractivity contribution in [2.45, 2.75) is 4.90 Å². The number of hydrogen-bond acceptors (Lipinski definition) is 5. The first-order valence-electron chi connectivity index (χ1n) is 6.72. The Morgan fingerprint density at radius 1 is 1.09 bits per heavy atom. The maximum Gasteiger partial charge on any atom is 0.339 e. The van der Waals surface area contributed by atoms with Gasteiger partial charge in [-0.3, -0.25) is 0 Å². The molecular formula is C16H15BrO5S. The van der Waals surface area contributed by atoms with Gasteiger partial charge in [0.15, 0.2) is 9.84 Å². The third-order valence-electron chi connectivity index (χ3n) is 2.89. The van der Waals surface area contributed by atoms with Crippen LogP contribution < -0.4 is 4.74 Å². The van der Waals surface area contributed by atoms with E-state index < -0.39 is 15.8 Å². The number of carbonyl (C=O) groups is 1. The predicted molar refractivity (Wildman–Crippen MR) is 89.5 cm³/mol. The normalized spacial score (nSPS) is 11.0. The molecule has 7 heteroatoms. The molecule has 0 amide bonds. The highest BCUT2D eigenvalue weighted by Gasteiger charge is 2.19. The smallest absolute Gasteiger partial charge is 0.339 e. The van der Waals surface area contributed by atoms with Gasteiger partial charge in [-0.25, -0.2) is 13.2 Å². The van der Waals surface area contributed by atoms with Gasteiger partial charge in [0.25, 0.3) is 0 Å². The van der Waals surface area contributed by atoms with Crippen molar-refractivity contribution in [3.8, 4) is 5.75 Å². The highest BCUT2D eigenvalue weighted by Crippen LogP contribution is 2.18. The molecular weight excluding hydrogens is 384 g/mol. The standard InChI is InChI=1S/C16H15BrO5S/c1-23(19,20)15-8-3-2-7-14(15)16(18)22-10-9-21-13-6-4-5-12(17)11-13/h2-8,11H,9-10H2,1H3. The van der Waals surface area contributed by atoms with Gasteiger partial charge >= 0.3 is 5.97 Å². The lowest BCUT2D eigenvalue weighted by Gasteiger charge is -2.09. The maximum absolute atomic E-state index is 12.0. The Labute approximate surface area is 143 Å². The Hall–Kier alpha value is -1.86. The zero-order chi connectivity index (χ0) is 16.9. The van der Waals surface area contributed by atoms with Crippen LogP contribution in [0.4, 0.5) is 0 Å². The van der Waals surface area contributed by atoms with E-state index in [1.807, 2.05) is 12.1 Å².